The van der Waals surface area contributed by atoms with E-state index in [2.05, 4.69) is 15.3 Å². The van der Waals surface area contributed by atoms with E-state index < -0.39 is 5.97 Å². The molecule has 0 spiro atoms. The lowest BCUT2D eigenvalue weighted by atomic mass is 10.2. The summed E-state index contributed by atoms with van der Waals surface area (Å²) in [6.45, 7) is 1.95. The average molecular weight is 229 g/mol. The Balaban J connectivity index is 2.28. The highest BCUT2D eigenvalue weighted by molar-refractivity contribution is 5.86. The summed E-state index contributed by atoms with van der Waals surface area (Å²) in [4.78, 5) is 18.5. The van der Waals surface area contributed by atoms with Crippen molar-refractivity contribution in [3.8, 4) is 0 Å². The highest BCUT2D eigenvalue weighted by atomic mass is 16.4. The minimum atomic E-state index is -1.04. The van der Waals surface area contributed by atoms with E-state index in [0.717, 1.165) is 11.3 Å². The molecule has 2 N–H and O–H groups in total. The van der Waals surface area contributed by atoms with E-state index in [0.29, 0.717) is 5.69 Å². The van der Waals surface area contributed by atoms with Crippen molar-refractivity contribution in [2.75, 3.05) is 5.32 Å². The third-order valence-corrected chi connectivity index (χ3v) is 2.30. The number of anilines is 2. The molecule has 0 fully saturated rings. The molecule has 0 aliphatic rings. The first-order valence-corrected chi connectivity index (χ1v) is 5.04. The first-order valence-electron chi connectivity index (χ1n) is 5.04. The van der Waals surface area contributed by atoms with Gasteiger partial charge in [-0.1, -0.05) is 0 Å². The topological polar surface area (TPSA) is 75.1 Å². The molecule has 0 amide bonds. The molecule has 0 saturated carbocycles. The van der Waals surface area contributed by atoms with Gasteiger partial charge < -0.3 is 10.4 Å². The molecule has 2 aromatic heterocycles. The van der Waals surface area contributed by atoms with Gasteiger partial charge in [0.15, 0.2) is 0 Å². The zero-order valence-corrected chi connectivity index (χ0v) is 9.21. The molecule has 2 rings (SSSR count). The number of carboxylic acids is 1. The minimum Gasteiger partial charge on any atom is -0.477 e. The summed E-state index contributed by atoms with van der Waals surface area (Å²) in [5, 5.41) is 11.9. The summed E-state index contributed by atoms with van der Waals surface area (Å²) in [5.74, 6) is -1.04. The van der Waals surface area contributed by atoms with Crippen molar-refractivity contribution >= 4 is 17.3 Å². The highest BCUT2D eigenvalue weighted by Gasteiger charge is 2.05. The normalized spacial score (nSPS) is 9.94. The quantitative estimate of drug-likeness (QED) is 0.844. The molecule has 0 unspecified atom stereocenters. The fourth-order valence-electron chi connectivity index (χ4n) is 1.38. The predicted molar refractivity (Wildman–Crippen MR) is 63.5 cm³/mol. The van der Waals surface area contributed by atoms with Crippen LogP contribution in [0.25, 0.3) is 0 Å². The van der Waals surface area contributed by atoms with E-state index in [4.69, 9.17) is 5.11 Å². The van der Waals surface area contributed by atoms with Crippen molar-refractivity contribution in [3.05, 3.63) is 48.0 Å². The van der Waals surface area contributed by atoms with Gasteiger partial charge in [-0.15, -0.1) is 0 Å². The third-order valence-electron chi connectivity index (χ3n) is 2.30. The smallest absolute Gasteiger partial charge is 0.354 e. The van der Waals surface area contributed by atoms with Crippen LogP contribution in [-0.4, -0.2) is 21.0 Å². The monoisotopic (exact) mass is 229 g/mol. The summed E-state index contributed by atoms with van der Waals surface area (Å²) in [5.41, 5.74) is 2.56. The van der Waals surface area contributed by atoms with E-state index >= 15 is 0 Å². The summed E-state index contributed by atoms with van der Waals surface area (Å²) >= 11 is 0. The SMILES string of the molecule is Cc1ccncc1Nc1ccnc(C(=O)O)c1. The molecule has 0 bridgehead atoms. The van der Waals surface area contributed by atoms with Gasteiger partial charge in [-0.05, 0) is 30.7 Å². The Labute approximate surface area is 98.2 Å². The van der Waals surface area contributed by atoms with Crippen molar-refractivity contribution in [2.24, 2.45) is 0 Å². The summed E-state index contributed by atoms with van der Waals surface area (Å²) in [7, 11) is 0. The van der Waals surface area contributed by atoms with Crippen LogP contribution >= 0.6 is 0 Å². The summed E-state index contributed by atoms with van der Waals surface area (Å²) < 4.78 is 0. The second kappa shape index (κ2) is 4.61. The maximum atomic E-state index is 10.8. The lowest BCUT2D eigenvalue weighted by Gasteiger charge is -2.08. The van der Waals surface area contributed by atoms with Crippen molar-refractivity contribution < 1.29 is 9.90 Å². The number of carbonyl (C=O) groups is 1. The Bertz CT molecular complexity index is 555. The Morgan fingerprint density at radius 3 is 2.88 bits per heavy atom. The van der Waals surface area contributed by atoms with E-state index in [1.54, 1.807) is 18.5 Å². The van der Waals surface area contributed by atoms with Crippen LogP contribution in [0.5, 0.6) is 0 Å². The lowest BCUT2D eigenvalue weighted by Crippen LogP contribution is -2.01. The Kier molecular flexibility index (Phi) is 3.00. The molecule has 2 heterocycles. The number of hydrogen-bond acceptors (Lipinski definition) is 4. The fraction of sp³-hybridized carbons (Fsp3) is 0.0833. The molecule has 5 heteroatoms. The van der Waals surface area contributed by atoms with Gasteiger partial charge in [-0.3, -0.25) is 4.98 Å². The number of carboxylic acid groups (broad SMARTS) is 1. The van der Waals surface area contributed by atoms with Crippen molar-refractivity contribution in [2.45, 2.75) is 6.92 Å². The van der Waals surface area contributed by atoms with Gasteiger partial charge >= 0.3 is 5.97 Å². The van der Waals surface area contributed by atoms with E-state index in [1.165, 1.54) is 12.3 Å². The molecule has 0 radical (unpaired) electrons. The maximum absolute atomic E-state index is 10.8. The number of nitrogens with zero attached hydrogens (tertiary/aromatic N) is 2. The zero-order valence-electron chi connectivity index (χ0n) is 9.21. The molecule has 0 aromatic carbocycles. The van der Waals surface area contributed by atoms with E-state index in [9.17, 15) is 4.79 Å². The van der Waals surface area contributed by atoms with E-state index in [1.807, 2.05) is 13.0 Å². The van der Waals surface area contributed by atoms with Crippen LogP contribution in [0.3, 0.4) is 0 Å². The van der Waals surface area contributed by atoms with Gasteiger partial charge in [0.25, 0.3) is 0 Å². The molecular formula is C12H11N3O2. The number of nitrogens with one attached hydrogen (secondary N) is 1. The number of pyridine rings is 2. The van der Waals surface area contributed by atoms with Crippen LogP contribution in [0.2, 0.25) is 0 Å². The van der Waals surface area contributed by atoms with Crippen LogP contribution in [0.15, 0.2) is 36.8 Å². The van der Waals surface area contributed by atoms with E-state index in [-0.39, 0.29) is 5.69 Å². The van der Waals surface area contributed by atoms with Crippen molar-refractivity contribution in [3.63, 3.8) is 0 Å². The van der Waals surface area contributed by atoms with Crippen LogP contribution in [0.1, 0.15) is 16.1 Å². The largest absolute Gasteiger partial charge is 0.477 e. The molecule has 0 atom stereocenters. The van der Waals surface area contributed by atoms with Gasteiger partial charge in [0.05, 0.1) is 11.9 Å². The van der Waals surface area contributed by atoms with Gasteiger partial charge in [0.2, 0.25) is 0 Å². The average Bonchev–Trinajstić information content (AvgIpc) is 2.32. The minimum absolute atomic E-state index is 0.0107. The standard InChI is InChI=1S/C12H11N3O2/c1-8-2-4-13-7-11(8)15-9-3-5-14-10(6-9)12(16)17/h2-7H,1H3,(H,14,15)(H,16,17). The summed E-state index contributed by atoms with van der Waals surface area (Å²) in [6, 6.07) is 5.06. The number of hydrogen-bond donors (Lipinski definition) is 2. The van der Waals surface area contributed by atoms with Crippen LogP contribution in [0, 0.1) is 6.92 Å². The number of aromatic carboxylic acids is 1. The number of rotatable bonds is 3. The first kappa shape index (κ1) is 11.1. The Morgan fingerprint density at radius 1 is 1.35 bits per heavy atom. The Hall–Kier alpha value is -2.43. The predicted octanol–water partition coefficient (Wildman–Crippen LogP) is 2.23. The van der Waals surface area contributed by atoms with Crippen LogP contribution in [0.4, 0.5) is 11.4 Å². The molecule has 0 aliphatic carbocycles. The number of aryl methyl sites for hydroxylation is 1. The van der Waals surface area contributed by atoms with Crippen LogP contribution in [-0.2, 0) is 0 Å². The van der Waals surface area contributed by atoms with Crippen molar-refractivity contribution in [1.82, 2.24) is 9.97 Å². The van der Waals surface area contributed by atoms with Gasteiger partial charge in [0, 0.05) is 18.1 Å². The lowest BCUT2D eigenvalue weighted by molar-refractivity contribution is 0.0690. The zero-order chi connectivity index (χ0) is 12.3. The molecule has 0 saturated heterocycles. The fourth-order valence-corrected chi connectivity index (χ4v) is 1.38. The van der Waals surface area contributed by atoms with Crippen molar-refractivity contribution in [1.29, 1.82) is 0 Å². The number of aromatic nitrogens is 2. The van der Waals surface area contributed by atoms with Gasteiger partial charge in [0.1, 0.15) is 5.69 Å². The first-order chi connectivity index (χ1) is 8.16. The van der Waals surface area contributed by atoms with Gasteiger partial charge in [-0.25, -0.2) is 9.78 Å². The van der Waals surface area contributed by atoms with Crippen LogP contribution < -0.4 is 5.32 Å². The highest BCUT2D eigenvalue weighted by Crippen LogP contribution is 2.18. The second-order valence-electron chi connectivity index (χ2n) is 3.55. The summed E-state index contributed by atoms with van der Waals surface area (Å²) in [6.07, 6.45) is 4.85. The Morgan fingerprint density at radius 2 is 2.18 bits per heavy atom. The van der Waals surface area contributed by atoms with Gasteiger partial charge in [-0.2, -0.15) is 0 Å². The molecule has 0 aliphatic heterocycles. The molecule has 2 aromatic rings. The second-order valence-corrected chi connectivity index (χ2v) is 3.55. The molecule has 5 nitrogen and oxygen atoms in total. The molecular weight excluding hydrogens is 218 g/mol. The maximum Gasteiger partial charge on any atom is 0.354 e. The third kappa shape index (κ3) is 2.57. The molecule has 17 heavy (non-hydrogen) atoms. The molecule has 86 valence electrons.